The predicted octanol–water partition coefficient (Wildman–Crippen LogP) is 2.17. The van der Waals surface area contributed by atoms with Crippen molar-refractivity contribution < 1.29 is 14.7 Å². The summed E-state index contributed by atoms with van der Waals surface area (Å²) in [4.78, 5) is 25.6. The second kappa shape index (κ2) is 6.24. The minimum absolute atomic E-state index is 0.114. The zero-order chi connectivity index (χ0) is 14.8. The fourth-order valence-electron chi connectivity index (χ4n) is 3.08. The number of nitrogens with zero attached hydrogens (tertiary/aromatic N) is 1. The summed E-state index contributed by atoms with van der Waals surface area (Å²) in [5, 5.41) is 12.7. The molecule has 20 heavy (non-hydrogen) atoms. The maximum atomic E-state index is 12.3. The summed E-state index contributed by atoms with van der Waals surface area (Å²) in [5.74, 6) is 0.175. The second-order valence-corrected chi connectivity index (χ2v) is 7.45. The molecule has 0 spiro atoms. The number of hydrogen-bond donors (Lipinski definition) is 2. The molecule has 2 amide bonds. The van der Waals surface area contributed by atoms with Gasteiger partial charge in [0.25, 0.3) is 0 Å². The van der Waals surface area contributed by atoms with Crippen LogP contribution in [-0.4, -0.2) is 52.1 Å². The monoisotopic (exact) mass is 300 g/mol. The van der Waals surface area contributed by atoms with E-state index >= 15 is 0 Å². The van der Waals surface area contributed by atoms with E-state index < -0.39 is 11.4 Å². The van der Waals surface area contributed by atoms with Crippen LogP contribution in [0.2, 0.25) is 0 Å². The number of carbonyl (C=O) groups excluding carboxylic acids is 1. The quantitative estimate of drug-likeness (QED) is 0.838. The number of thioether (sulfide) groups is 1. The third-order valence-electron chi connectivity index (χ3n) is 4.74. The SMILES string of the molecule is CC1SCCN(C(=O)NCC2(C(=O)O)CCCC2)C1C. The van der Waals surface area contributed by atoms with Gasteiger partial charge in [0.15, 0.2) is 0 Å². The van der Waals surface area contributed by atoms with E-state index in [0.717, 1.165) is 25.1 Å². The van der Waals surface area contributed by atoms with Gasteiger partial charge in [-0.05, 0) is 19.8 Å². The zero-order valence-corrected chi connectivity index (χ0v) is 13.0. The highest BCUT2D eigenvalue weighted by atomic mass is 32.2. The predicted molar refractivity (Wildman–Crippen MR) is 80.0 cm³/mol. The number of urea groups is 1. The molecule has 1 saturated carbocycles. The Kier molecular flexibility index (Phi) is 4.83. The van der Waals surface area contributed by atoms with Crippen molar-refractivity contribution in [3.8, 4) is 0 Å². The van der Waals surface area contributed by atoms with Gasteiger partial charge in [-0.3, -0.25) is 4.79 Å². The second-order valence-electron chi connectivity index (χ2n) is 5.96. The molecule has 2 unspecified atom stereocenters. The third kappa shape index (κ3) is 3.05. The fourth-order valence-corrected chi connectivity index (χ4v) is 4.18. The van der Waals surface area contributed by atoms with Gasteiger partial charge in [0.1, 0.15) is 0 Å². The van der Waals surface area contributed by atoms with Gasteiger partial charge in [0.2, 0.25) is 0 Å². The molecule has 0 aromatic rings. The fraction of sp³-hybridized carbons (Fsp3) is 0.857. The molecule has 1 aliphatic heterocycles. The van der Waals surface area contributed by atoms with Gasteiger partial charge in [-0.15, -0.1) is 0 Å². The Labute approximate surface area is 124 Å². The molecule has 2 aliphatic rings. The van der Waals surface area contributed by atoms with Crippen molar-refractivity contribution in [3.63, 3.8) is 0 Å². The summed E-state index contributed by atoms with van der Waals surface area (Å²) < 4.78 is 0. The normalized spacial score (nSPS) is 29.2. The molecule has 0 aromatic heterocycles. The van der Waals surface area contributed by atoms with Gasteiger partial charge in [-0.2, -0.15) is 11.8 Å². The van der Waals surface area contributed by atoms with E-state index in [1.54, 1.807) is 0 Å². The summed E-state index contributed by atoms with van der Waals surface area (Å²) >= 11 is 1.88. The van der Waals surface area contributed by atoms with Crippen molar-refractivity contribution in [3.05, 3.63) is 0 Å². The first-order chi connectivity index (χ1) is 9.46. The lowest BCUT2D eigenvalue weighted by Gasteiger charge is -2.38. The zero-order valence-electron chi connectivity index (χ0n) is 12.2. The summed E-state index contributed by atoms with van der Waals surface area (Å²) in [7, 11) is 0. The van der Waals surface area contributed by atoms with Crippen molar-refractivity contribution in [1.82, 2.24) is 10.2 Å². The van der Waals surface area contributed by atoms with Crippen molar-refractivity contribution in [2.75, 3.05) is 18.8 Å². The van der Waals surface area contributed by atoms with E-state index in [9.17, 15) is 14.7 Å². The van der Waals surface area contributed by atoms with E-state index in [0.29, 0.717) is 18.1 Å². The van der Waals surface area contributed by atoms with E-state index in [4.69, 9.17) is 0 Å². The molecule has 2 atom stereocenters. The van der Waals surface area contributed by atoms with Crippen LogP contribution < -0.4 is 5.32 Å². The molecule has 0 bridgehead atoms. The number of carboxylic acid groups (broad SMARTS) is 1. The van der Waals surface area contributed by atoms with Crippen molar-refractivity contribution in [2.45, 2.75) is 50.8 Å². The minimum Gasteiger partial charge on any atom is -0.481 e. The van der Waals surface area contributed by atoms with Gasteiger partial charge < -0.3 is 15.3 Å². The minimum atomic E-state index is -0.772. The molecule has 1 saturated heterocycles. The molecular weight excluding hydrogens is 276 g/mol. The lowest BCUT2D eigenvalue weighted by molar-refractivity contribution is -0.148. The van der Waals surface area contributed by atoms with Crippen LogP contribution in [-0.2, 0) is 4.79 Å². The maximum absolute atomic E-state index is 12.3. The van der Waals surface area contributed by atoms with Gasteiger partial charge in [0.05, 0.1) is 5.41 Å². The highest BCUT2D eigenvalue weighted by Crippen LogP contribution is 2.37. The number of nitrogens with one attached hydrogen (secondary N) is 1. The standard InChI is InChI=1S/C14H24N2O3S/c1-10-11(2)20-8-7-16(10)13(19)15-9-14(12(17)18)5-3-4-6-14/h10-11H,3-9H2,1-2H3,(H,15,19)(H,17,18). The Morgan fingerprint density at radius 3 is 2.60 bits per heavy atom. The number of hydrogen-bond acceptors (Lipinski definition) is 3. The van der Waals surface area contributed by atoms with Gasteiger partial charge in [0, 0.05) is 30.1 Å². The molecule has 1 aliphatic carbocycles. The van der Waals surface area contributed by atoms with E-state index in [2.05, 4.69) is 19.2 Å². The molecule has 1 heterocycles. The molecule has 0 radical (unpaired) electrons. The third-order valence-corrected chi connectivity index (χ3v) is 6.08. The Balaban J connectivity index is 1.92. The van der Waals surface area contributed by atoms with Crippen LogP contribution in [0.1, 0.15) is 39.5 Å². The molecule has 2 N–H and O–H groups in total. The summed E-state index contributed by atoms with van der Waals surface area (Å²) in [5.41, 5.74) is -0.741. The average molecular weight is 300 g/mol. The Bertz CT molecular complexity index is 383. The van der Waals surface area contributed by atoms with Gasteiger partial charge in [-0.25, -0.2) is 4.79 Å². The Morgan fingerprint density at radius 1 is 1.35 bits per heavy atom. The highest BCUT2D eigenvalue weighted by molar-refractivity contribution is 8.00. The molecule has 114 valence electrons. The van der Waals surface area contributed by atoms with Crippen LogP contribution in [0.3, 0.4) is 0 Å². The van der Waals surface area contributed by atoms with Crippen molar-refractivity contribution >= 4 is 23.8 Å². The number of carboxylic acids is 1. The van der Waals surface area contributed by atoms with Crippen LogP contribution in [0.5, 0.6) is 0 Å². The van der Waals surface area contributed by atoms with Crippen molar-refractivity contribution in [2.24, 2.45) is 5.41 Å². The van der Waals surface area contributed by atoms with E-state index in [1.807, 2.05) is 16.7 Å². The lowest BCUT2D eigenvalue weighted by atomic mass is 9.86. The average Bonchev–Trinajstić information content (AvgIpc) is 2.89. The molecule has 2 rings (SSSR count). The molecule has 2 fully saturated rings. The number of carbonyl (C=O) groups is 2. The molecular formula is C14H24N2O3S. The van der Waals surface area contributed by atoms with E-state index in [1.165, 1.54) is 0 Å². The largest absolute Gasteiger partial charge is 0.481 e. The van der Waals surface area contributed by atoms with Crippen molar-refractivity contribution in [1.29, 1.82) is 0 Å². The number of aliphatic carboxylic acids is 1. The number of amides is 2. The van der Waals surface area contributed by atoms with Gasteiger partial charge in [-0.1, -0.05) is 19.8 Å². The summed E-state index contributed by atoms with van der Waals surface area (Å²) in [6, 6.07) is 0.0790. The van der Waals surface area contributed by atoms with Crippen LogP contribution >= 0.6 is 11.8 Å². The first-order valence-corrected chi connectivity index (χ1v) is 8.41. The van der Waals surface area contributed by atoms with Gasteiger partial charge >= 0.3 is 12.0 Å². The van der Waals surface area contributed by atoms with E-state index in [-0.39, 0.29) is 18.6 Å². The molecule has 0 aromatic carbocycles. The van der Waals surface area contributed by atoms with Crippen LogP contribution in [0.4, 0.5) is 4.79 Å². The lowest BCUT2D eigenvalue weighted by Crippen LogP contribution is -2.54. The summed E-state index contributed by atoms with van der Waals surface area (Å²) in [6.07, 6.45) is 3.22. The Morgan fingerprint density at radius 2 is 2.00 bits per heavy atom. The topological polar surface area (TPSA) is 69.6 Å². The summed E-state index contributed by atoms with van der Waals surface area (Å²) in [6.45, 7) is 5.18. The maximum Gasteiger partial charge on any atom is 0.317 e. The molecule has 5 nitrogen and oxygen atoms in total. The first-order valence-electron chi connectivity index (χ1n) is 7.36. The number of rotatable bonds is 3. The molecule has 6 heteroatoms. The van der Waals surface area contributed by atoms with Crippen LogP contribution in [0.15, 0.2) is 0 Å². The van der Waals surface area contributed by atoms with Crippen LogP contribution in [0.25, 0.3) is 0 Å². The van der Waals surface area contributed by atoms with Crippen LogP contribution in [0, 0.1) is 5.41 Å². The highest BCUT2D eigenvalue weighted by Gasteiger charge is 2.42. The smallest absolute Gasteiger partial charge is 0.317 e. The Hall–Kier alpha value is -0.910. The first kappa shape index (κ1) is 15.5.